The van der Waals surface area contributed by atoms with Crippen molar-refractivity contribution >= 4 is 27.4 Å². The molecule has 1 amide bonds. The quantitative estimate of drug-likeness (QED) is 0.831. The Morgan fingerprint density at radius 1 is 1.33 bits per heavy atom. The fourth-order valence-electron chi connectivity index (χ4n) is 3.06. The highest BCUT2D eigenvalue weighted by molar-refractivity contribution is 7.91. The minimum Gasteiger partial charge on any atom is -0.337 e. The molecule has 1 N–H and O–H groups in total. The summed E-state index contributed by atoms with van der Waals surface area (Å²) in [6.45, 7) is 2.48. The number of hydrogen-bond donors (Lipinski definition) is 1. The summed E-state index contributed by atoms with van der Waals surface area (Å²) in [6, 6.07) is 8.57. The number of para-hydroxylation sites is 1. The largest absolute Gasteiger partial charge is 0.337 e. The molecule has 2 aromatic rings. The van der Waals surface area contributed by atoms with Crippen LogP contribution in [0.5, 0.6) is 0 Å². The van der Waals surface area contributed by atoms with Crippen molar-refractivity contribution in [2.75, 3.05) is 28.3 Å². The maximum absolute atomic E-state index is 12.4. The van der Waals surface area contributed by atoms with Gasteiger partial charge in [0, 0.05) is 25.0 Å². The molecular weight excluding hydrogens is 366 g/mol. The number of nitriles is 1. The minimum atomic E-state index is -3.01. The van der Waals surface area contributed by atoms with Gasteiger partial charge in [0.25, 0.3) is 5.91 Å². The van der Waals surface area contributed by atoms with E-state index in [1.54, 1.807) is 24.3 Å². The van der Waals surface area contributed by atoms with Gasteiger partial charge in [-0.15, -0.1) is 0 Å². The van der Waals surface area contributed by atoms with Gasteiger partial charge in [-0.25, -0.2) is 18.4 Å². The van der Waals surface area contributed by atoms with Gasteiger partial charge in [-0.1, -0.05) is 12.1 Å². The lowest BCUT2D eigenvalue weighted by Gasteiger charge is -2.26. The molecule has 9 heteroatoms. The van der Waals surface area contributed by atoms with Gasteiger partial charge in [-0.05, 0) is 25.5 Å². The van der Waals surface area contributed by atoms with E-state index in [0.29, 0.717) is 30.2 Å². The molecule has 0 aliphatic carbocycles. The van der Waals surface area contributed by atoms with Crippen molar-refractivity contribution in [3.05, 3.63) is 47.8 Å². The Morgan fingerprint density at radius 2 is 2.04 bits per heavy atom. The second-order valence-corrected chi connectivity index (χ2v) is 8.45. The summed E-state index contributed by atoms with van der Waals surface area (Å²) in [7, 11) is -3.01. The first-order valence-corrected chi connectivity index (χ1v) is 10.3. The lowest BCUT2D eigenvalue weighted by atomic mass is 10.2. The predicted molar refractivity (Wildman–Crippen MR) is 101 cm³/mol. The molecule has 27 heavy (non-hydrogen) atoms. The molecule has 140 valence electrons. The number of carbonyl (C=O) groups excluding carboxylic acids is 1. The number of sulfone groups is 1. The maximum atomic E-state index is 12.4. The van der Waals surface area contributed by atoms with E-state index in [1.807, 2.05) is 17.9 Å². The highest BCUT2D eigenvalue weighted by Crippen LogP contribution is 2.21. The molecule has 3 rings (SSSR count). The van der Waals surface area contributed by atoms with E-state index in [0.717, 1.165) is 0 Å². The van der Waals surface area contributed by atoms with Gasteiger partial charge in [0.1, 0.15) is 6.07 Å². The topological polar surface area (TPSA) is 116 Å². The van der Waals surface area contributed by atoms with E-state index < -0.39 is 15.7 Å². The van der Waals surface area contributed by atoms with Crippen LogP contribution in [0.1, 0.15) is 29.3 Å². The first kappa shape index (κ1) is 18.8. The predicted octanol–water partition coefficient (Wildman–Crippen LogP) is 1.61. The molecule has 1 atom stereocenters. The molecule has 1 fully saturated rings. The molecule has 0 bridgehead atoms. The molecule has 1 aliphatic rings. The zero-order valence-corrected chi connectivity index (χ0v) is 15.6. The summed E-state index contributed by atoms with van der Waals surface area (Å²) in [4.78, 5) is 22.7. The van der Waals surface area contributed by atoms with Crippen molar-refractivity contribution in [2.24, 2.45) is 0 Å². The van der Waals surface area contributed by atoms with Crippen LogP contribution in [0.15, 0.2) is 36.7 Å². The number of carbonyl (C=O) groups is 1. The number of anilines is 2. The number of rotatable bonds is 5. The molecule has 1 aliphatic heterocycles. The van der Waals surface area contributed by atoms with Crippen LogP contribution in [-0.2, 0) is 9.84 Å². The zero-order valence-electron chi connectivity index (χ0n) is 14.8. The highest BCUT2D eigenvalue weighted by atomic mass is 32.2. The van der Waals surface area contributed by atoms with E-state index >= 15 is 0 Å². The molecule has 0 spiro atoms. The summed E-state index contributed by atoms with van der Waals surface area (Å²) < 4.78 is 23.4. The Balaban J connectivity index is 1.74. The van der Waals surface area contributed by atoms with E-state index in [9.17, 15) is 13.2 Å². The first-order chi connectivity index (χ1) is 12.9. The molecule has 2 heterocycles. The fraction of sp³-hybridized carbons (Fsp3) is 0.333. The third kappa shape index (κ3) is 4.23. The summed E-state index contributed by atoms with van der Waals surface area (Å²) in [5, 5.41) is 11.8. The Bertz CT molecular complexity index is 983. The van der Waals surface area contributed by atoms with Gasteiger partial charge in [-0.2, -0.15) is 5.26 Å². The number of hydrogen-bond acceptors (Lipinski definition) is 7. The standard InChI is InChI=1S/C18H19N5O3S/c1-2-23(15-7-8-27(25,26)12-15)18-20-10-14(11-21-18)17(24)22-16-6-4-3-5-13(16)9-19/h3-6,10-11,15H,2,7-8,12H2,1H3,(H,22,24). The second kappa shape index (κ2) is 7.72. The van der Waals surface area contributed by atoms with Crippen LogP contribution in [0.4, 0.5) is 11.6 Å². The number of benzene rings is 1. The van der Waals surface area contributed by atoms with Crippen LogP contribution in [0.3, 0.4) is 0 Å². The number of nitrogens with zero attached hydrogens (tertiary/aromatic N) is 4. The molecule has 1 aromatic carbocycles. The average Bonchev–Trinajstić information content (AvgIpc) is 3.03. The molecular formula is C18H19N5O3S. The van der Waals surface area contributed by atoms with E-state index in [2.05, 4.69) is 15.3 Å². The smallest absolute Gasteiger partial charge is 0.258 e. The van der Waals surface area contributed by atoms with E-state index in [1.165, 1.54) is 12.4 Å². The van der Waals surface area contributed by atoms with Crippen LogP contribution in [0.25, 0.3) is 0 Å². The number of aromatic nitrogens is 2. The van der Waals surface area contributed by atoms with Crippen molar-refractivity contribution in [2.45, 2.75) is 19.4 Å². The van der Waals surface area contributed by atoms with Crippen LogP contribution in [-0.4, -0.2) is 48.4 Å². The maximum Gasteiger partial charge on any atom is 0.258 e. The van der Waals surface area contributed by atoms with Crippen molar-refractivity contribution in [3.63, 3.8) is 0 Å². The van der Waals surface area contributed by atoms with Crippen molar-refractivity contribution in [1.82, 2.24) is 9.97 Å². The summed E-state index contributed by atoms with van der Waals surface area (Å²) in [6.07, 6.45) is 3.35. The SMILES string of the molecule is CCN(c1ncc(C(=O)Nc2ccccc2C#N)cn1)C1CCS(=O)(=O)C1. The van der Waals surface area contributed by atoms with E-state index in [4.69, 9.17) is 5.26 Å². The van der Waals surface area contributed by atoms with Crippen LogP contribution < -0.4 is 10.2 Å². The van der Waals surface area contributed by atoms with Gasteiger partial charge in [0.2, 0.25) is 5.95 Å². The molecule has 0 radical (unpaired) electrons. The Labute approximate surface area is 157 Å². The zero-order chi connectivity index (χ0) is 19.4. The molecule has 0 saturated carbocycles. The number of amides is 1. The highest BCUT2D eigenvalue weighted by Gasteiger charge is 2.32. The monoisotopic (exact) mass is 385 g/mol. The van der Waals surface area contributed by atoms with Crippen molar-refractivity contribution < 1.29 is 13.2 Å². The van der Waals surface area contributed by atoms with Crippen LogP contribution in [0.2, 0.25) is 0 Å². The van der Waals surface area contributed by atoms with Crippen molar-refractivity contribution in [1.29, 1.82) is 5.26 Å². The lowest BCUT2D eigenvalue weighted by molar-refractivity contribution is 0.102. The van der Waals surface area contributed by atoms with Gasteiger partial charge < -0.3 is 10.2 Å². The van der Waals surface area contributed by atoms with Crippen molar-refractivity contribution in [3.8, 4) is 6.07 Å². The molecule has 1 aromatic heterocycles. The Kier molecular flexibility index (Phi) is 5.37. The Hall–Kier alpha value is -2.99. The lowest BCUT2D eigenvalue weighted by Crippen LogP contribution is -2.37. The third-order valence-electron chi connectivity index (χ3n) is 4.44. The van der Waals surface area contributed by atoms with E-state index in [-0.39, 0.29) is 23.1 Å². The third-order valence-corrected chi connectivity index (χ3v) is 6.19. The summed E-state index contributed by atoms with van der Waals surface area (Å²) in [5.74, 6) is 0.244. The molecule has 1 saturated heterocycles. The summed E-state index contributed by atoms with van der Waals surface area (Å²) >= 11 is 0. The van der Waals surface area contributed by atoms with Crippen LogP contribution >= 0.6 is 0 Å². The fourth-order valence-corrected chi connectivity index (χ4v) is 4.79. The van der Waals surface area contributed by atoms with Gasteiger partial charge >= 0.3 is 0 Å². The first-order valence-electron chi connectivity index (χ1n) is 8.53. The average molecular weight is 385 g/mol. The molecule has 8 nitrogen and oxygen atoms in total. The van der Waals surface area contributed by atoms with Gasteiger partial charge in [0.15, 0.2) is 9.84 Å². The Morgan fingerprint density at radius 3 is 2.63 bits per heavy atom. The van der Waals surface area contributed by atoms with Crippen LogP contribution in [0, 0.1) is 11.3 Å². The number of nitrogens with one attached hydrogen (secondary N) is 1. The minimum absolute atomic E-state index is 0.0946. The normalized spacial score (nSPS) is 17.9. The van der Waals surface area contributed by atoms with Gasteiger partial charge in [0.05, 0.1) is 28.3 Å². The van der Waals surface area contributed by atoms with Gasteiger partial charge in [-0.3, -0.25) is 4.79 Å². The second-order valence-electron chi connectivity index (χ2n) is 6.23. The molecule has 1 unspecified atom stereocenters. The summed E-state index contributed by atoms with van der Waals surface area (Å²) in [5.41, 5.74) is 1.03.